The van der Waals surface area contributed by atoms with Crippen LogP contribution in [0.1, 0.15) is 62.0 Å². The van der Waals surface area contributed by atoms with E-state index in [-0.39, 0.29) is 30.5 Å². The summed E-state index contributed by atoms with van der Waals surface area (Å²) in [5, 5.41) is 12.0. The van der Waals surface area contributed by atoms with Gasteiger partial charge in [0.15, 0.2) is 0 Å². The normalized spacial score (nSPS) is 21.8. The fourth-order valence-corrected chi connectivity index (χ4v) is 6.02. The molecule has 0 spiro atoms. The van der Waals surface area contributed by atoms with E-state index in [1.165, 1.54) is 0 Å². The number of fused-ring (bicyclic) bond motifs is 5. The van der Waals surface area contributed by atoms with Crippen LogP contribution in [0.2, 0.25) is 0 Å². The maximum absolute atomic E-state index is 13.4. The van der Waals surface area contributed by atoms with Gasteiger partial charge >= 0.3 is 12.1 Å². The second-order valence-electron chi connectivity index (χ2n) is 9.54. The number of hydrogen-bond acceptors (Lipinski definition) is 4. The van der Waals surface area contributed by atoms with E-state index in [0.717, 1.165) is 60.8 Å². The van der Waals surface area contributed by atoms with Gasteiger partial charge in [-0.3, -0.25) is 9.59 Å². The first-order valence-corrected chi connectivity index (χ1v) is 12.2. The zero-order valence-electron chi connectivity index (χ0n) is 19.1. The van der Waals surface area contributed by atoms with E-state index in [9.17, 15) is 19.5 Å². The molecule has 0 saturated carbocycles. The lowest BCUT2D eigenvalue weighted by atomic mass is 9.84. The van der Waals surface area contributed by atoms with E-state index in [0.29, 0.717) is 0 Å². The summed E-state index contributed by atoms with van der Waals surface area (Å²) in [5.41, 5.74) is 4.44. The largest absolute Gasteiger partial charge is 0.481 e. The van der Waals surface area contributed by atoms with Crippen molar-refractivity contribution in [1.82, 2.24) is 10.2 Å². The minimum absolute atomic E-state index is 0.103. The molecule has 2 aliphatic heterocycles. The Kier molecular flexibility index (Phi) is 6.26. The molecule has 0 aromatic heterocycles. The van der Waals surface area contributed by atoms with Crippen molar-refractivity contribution in [3.8, 4) is 11.1 Å². The summed E-state index contributed by atoms with van der Waals surface area (Å²) in [6, 6.07) is 15.3. The fraction of sp³-hybridized carbons (Fsp3) is 0.444. The third-order valence-corrected chi connectivity index (χ3v) is 7.50. The lowest BCUT2D eigenvalue weighted by Crippen LogP contribution is -2.59. The molecule has 2 bridgehead atoms. The Balaban J connectivity index is 1.28. The van der Waals surface area contributed by atoms with Crippen molar-refractivity contribution in [2.24, 2.45) is 0 Å². The summed E-state index contributed by atoms with van der Waals surface area (Å²) in [6.45, 7) is 0.114. The highest BCUT2D eigenvalue weighted by atomic mass is 16.5. The lowest BCUT2D eigenvalue weighted by Gasteiger charge is -2.47. The molecule has 34 heavy (non-hydrogen) atoms. The predicted octanol–water partition coefficient (Wildman–Crippen LogP) is 4.30. The highest BCUT2D eigenvalue weighted by molar-refractivity contribution is 5.90. The zero-order valence-corrected chi connectivity index (χ0v) is 19.1. The van der Waals surface area contributed by atoms with Gasteiger partial charge in [-0.1, -0.05) is 48.5 Å². The van der Waals surface area contributed by atoms with Crippen LogP contribution in [0.25, 0.3) is 11.1 Å². The number of ether oxygens (including phenoxy) is 1. The summed E-state index contributed by atoms with van der Waals surface area (Å²) in [4.78, 5) is 39.5. The molecule has 2 aromatic carbocycles. The Hall–Kier alpha value is -3.35. The molecule has 7 heteroatoms. The number of nitrogens with zero attached hydrogens (tertiary/aromatic N) is 1. The molecule has 1 aliphatic carbocycles. The minimum Gasteiger partial charge on any atom is -0.481 e. The van der Waals surface area contributed by atoms with Gasteiger partial charge in [-0.2, -0.15) is 0 Å². The number of alkyl carbamates (subject to hydrolysis) is 1. The summed E-state index contributed by atoms with van der Waals surface area (Å²) >= 11 is 0. The van der Waals surface area contributed by atoms with Crippen molar-refractivity contribution in [2.75, 3.05) is 6.61 Å². The maximum Gasteiger partial charge on any atom is 0.407 e. The number of carbonyl (C=O) groups excluding carboxylic acids is 2. The average Bonchev–Trinajstić information content (AvgIpc) is 3.15. The number of carboxylic acid groups (broad SMARTS) is 1. The minimum atomic E-state index is -1.13. The molecule has 1 atom stereocenters. The molecule has 7 nitrogen and oxygen atoms in total. The maximum atomic E-state index is 13.4. The van der Waals surface area contributed by atoms with E-state index < -0.39 is 24.5 Å². The summed E-state index contributed by atoms with van der Waals surface area (Å²) < 4.78 is 5.57. The van der Waals surface area contributed by atoms with Crippen molar-refractivity contribution >= 4 is 18.0 Å². The Bertz CT molecular complexity index is 1030. The van der Waals surface area contributed by atoms with Crippen LogP contribution in [0.3, 0.4) is 0 Å². The van der Waals surface area contributed by atoms with Crippen LogP contribution in [-0.4, -0.2) is 52.7 Å². The fourth-order valence-electron chi connectivity index (χ4n) is 6.02. The van der Waals surface area contributed by atoms with E-state index in [1.54, 1.807) is 0 Å². The SMILES string of the molecule is O=C(O)CC(NC(=O)OCC1c2ccccc2-c2ccccc21)C(=O)N1C2CCCC1CCC2. The quantitative estimate of drug-likeness (QED) is 0.667. The standard InChI is InChI=1S/C27H30N2O5/c30-25(31)15-24(26(32)29-17-7-5-8-18(29)10-6-9-17)28-27(33)34-16-23-21-13-3-1-11-19(21)20-12-2-4-14-22(20)23/h1-4,11-14,17-18,23-24H,5-10,15-16H2,(H,28,33)(H,30,31). The lowest BCUT2D eigenvalue weighted by molar-refractivity contribution is -0.147. The van der Waals surface area contributed by atoms with Crippen LogP contribution in [0, 0.1) is 0 Å². The van der Waals surface area contributed by atoms with E-state index in [1.807, 2.05) is 41.3 Å². The number of carboxylic acids is 1. The topological polar surface area (TPSA) is 95.9 Å². The molecule has 2 saturated heterocycles. The third kappa shape index (κ3) is 4.27. The van der Waals surface area contributed by atoms with Crippen molar-refractivity contribution in [3.05, 3.63) is 59.7 Å². The monoisotopic (exact) mass is 462 g/mol. The second kappa shape index (κ2) is 9.49. The number of amides is 2. The van der Waals surface area contributed by atoms with Gasteiger partial charge in [0.1, 0.15) is 12.6 Å². The Morgan fingerprint density at radius 2 is 1.44 bits per heavy atom. The van der Waals surface area contributed by atoms with E-state index in [4.69, 9.17) is 4.74 Å². The van der Waals surface area contributed by atoms with Crippen LogP contribution in [-0.2, 0) is 14.3 Å². The Labute approximate surface area is 199 Å². The Morgan fingerprint density at radius 3 is 1.97 bits per heavy atom. The van der Waals surface area contributed by atoms with Gasteiger partial charge in [0.2, 0.25) is 5.91 Å². The summed E-state index contributed by atoms with van der Waals surface area (Å²) in [5.74, 6) is -1.53. The van der Waals surface area contributed by atoms with Crippen LogP contribution in [0.5, 0.6) is 0 Å². The average molecular weight is 463 g/mol. The van der Waals surface area contributed by atoms with E-state index in [2.05, 4.69) is 17.4 Å². The molecular weight excluding hydrogens is 432 g/mol. The van der Waals surface area contributed by atoms with Gasteiger partial charge in [-0.25, -0.2) is 4.79 Å². The molecule has 1 unspecified atom stereocenters. The van der Waals surface area contributed by atoms with Crippen LogP contribution < -0.4 is 5.32 Å². The first-order chi connectivity index (χ1) is 16.5. The number of hydrogen-bond donors (Lipinski definition) is 2. The van der Waals surface area contributed by atoms with Crippen LogP contribution in [0.4, 0.5) is 4.79 Å². The molecule has 5 rings (SSSR count). The first-order valence-electron chi connectivity index (χ1n) is 12.2. The number of benzene rings is 2. The number of aliphatic carboxylic acids is 1. The van der Waals surface area contributed by atoms with Crippen molar-refractivity contribution in [2.45, 2.75) is 69.0 Å². The number of nitrogens with one attached hydrogen (secondary N) is 1. The highest BCUT2D eigenvalue weighted by Gasteiger charge is 2.40. The van der Waals surface area contributed by atoms with Crippen molar-refractivity contribution < 1.29 is 24.2 Å². The van der Waals surface area contributed by atoms with Gasteiger partial charge < -0.3 is 20.1 Å². The van der Waals surface area contributed by atoms with Crippen molar-refractivity contribution in [3.63, 3.8) is 0 Å². The van der Waals surface area contributed by atoms with Gasteiger partial charge in [-0.05, 0) is 60.8 Å². The van der Waals surface area contributed by atoms with E-state index >= 15 is 0 Å². The smallest absolute Gasteiger partial charge is 0.407 e. The molecule has 2 fully saturated rings. The van der Waals surface area contributed by atoms with Gasteiger partial charge in [0, 0.05) is 18.0 Å². The molecule has 0 radical (unpaired) electrons. The zero-order chi connectivity index (χ0) is 23.7. The van der Waals surface area contributed by atoms with Gasteiger partial charge in [0.25, 0.3) is 0 Å². The van der Waals surface area contributed by atoms with Crippen molar-refractivity contribution in [1.29, 1.82) is 0 Å². The molecular formula is C27H30N2O5. The second-order valence-corrected chi connectivity index (χ2v) is 9.54. The molecule has 2 heterocycles. The molecule has 2 amide bonds. The number of carbonyl (C=O) groups is 3. The van der Waals surface area contributed by atoms with Crippen LogP contribution >= 0.6 is 0 Å². The number of piperidine rings is 2. The highest BCUT2D eigenvalue weighted by Crippen LogP contribution is 2.44. The Morgan fingerprint density at radius 1 is 0.912 bits per heavy atom. The predicted molar refractivity (Wildman–Crippen MR) is 126 cm³/mol. The third-order valence-electron chi connectivity index (χ3n) is 7.50. The van der Waals surface area contributed by atoms with Crippen LogP contribution in [0.15, 0.2) is 48.5 Å². The number of rotatable bonds is 6. The molecule has 178 valence electrons. The summed E-state index contributed by atoms with van der Waals surface area (Å²) in [7, 11) is 0. The molecule has 2 aromatic rings. The first kappa shape index (κ1) is 22.4. The molecule has 3 aliphatic rings. The summed E-state index contributed by atoms with van der Waals surface area (Å²) in [6.07, 6.45) is 4.70. The molecule has 2 N–H and O–H groups in total. The van der Waals surface area contributed by atoms with Gasteiger partial charge in [-0.15, -0.1) is 0 Å². The van der Waals surface area contributed by atoms with Gasteiger partial charge in [0.05, 0.1) is 6.42 Å².